The van der Waals surface area contributed by atoms with Gasteiger partial charge >= 0.3 is 0 Å². The summed E-state index contributed by atoms with van der Waals surface area (Å²) in [6.07, 6.45) is 2.22. The van der Waals surface area contributed by atoms with E-state index in [2.05, 4.69) is 6.92 Å². The lowest BCUT2D eigenvalue weighted by Crippen LogP contribution is -2.40. The molecule has 2 heterocycles. The number of carbonyl (C=O) groups excluding carboxylic acids is 1. The van der Waals surface area contributed by atoms with Gasteiger partial charge in [-0.25, -0.2) is 0 Å². The highest BCUT2D eigenvalue weighted by atomic mass is 32.1. The molecule has 1 saturated carbocycles. The molecule has 1 aliphatic heterocycles. The first kappa shape index (κ1) is 12.2. The SMILES string of the molecule is Cc1cc(C(=O)N2CC(C)C(O)(C3CC3)C2)cs1. The second-order valence-electron chi connectivity index (χ2n) is 5.80. The van der Waals surface area contributed by atoms with Gasteiger partial charge in [-0.05, 0) is 31.7 Å². The third kappa shape index (κ3) is 1.88. The van der Waals surface area contributed by atoms with Gasteiger partial charge in [0.2, 0.25) is 0 Å². The lowest BCUT2D eigenvalue weighted by molar-refractivity contribution is -0.00363. The van der Waals surface area contributed by atoms with Gasteiger partial charge in [0.15, 0.2) is 0 Å². The van der Waals surface area contributed by atoms with Crippen LogP contribution >= 0.6 is 11.3 Å². The smallest absolute Gasteiger partial charge is 0.254 e. The third-order valence-corrected chi connectivity index (χ3v) is 5.20. The van der Waals surface area contributed by atoms with E-state index in [4.69, 9.17) is 0 Å². The van der Waals surface area contributed by atoms with Crippen LogP contribution in [0.2, 0.25) is 0 Å². The number of likely N-dealkylation sites (tertiary alicyclic amines) is 1. The number of aryl methyl sites for hydroxylation is 1. The van der Waals surface area contributed by atoms with Crippen molar-refractivity contribution < 1.29 is 9.90 Å². The number of hydrogen-bond acceptors (Lipinski definition) is 3. The molecule has 1 N–H and O–H groups in total. The van der Waals surface area contributed by atoms with Gasteiger partial charge in [-0.2, -0.15) is 0 Å². The van der Waals surface area contributed by atoms with E-state index in [0.29, 0.717) is 19.0 Å². The van der Waals surface area contributed by atoms with E-state index < -0.39 is 5.60 Å². The Bertz CT molecular complexity index is 480. The highest BCUT2D eigenvalue weighted by Gasteiger charge is 2.53. The van der Waals surface area contributed by atoms with Crippen molar-refractivity contribution >= 4 is 17.2 Å². The number of hydrogen-bond donors (Lipinski definition) is 1. The molecule has 4 heteroatoms. The summed E-state index contributed by atoms with van der Waals surface area (Å²) >= 11 is 1.60. The summed E-state index contributed by atoms with van der Waals surface area (Å²) in [6, 6.07) is 1.94. The summed E-state index contributed by atoms with van der Waals surface area (Å²) in [5.74, 6) is 0.672. The van der Waals surface area contributed by atoms with E-state index in [1.165, 1.54) is 0 Å². The molecule has 3 rings (SSSR count). The average molecular weight is 265 g/mol. The predicted molar refractivity (Wildman–Crippen MR) is 71.8 cm³/mol. The Morgan fingerprint density at radius 1 is 1.56 bits per heavy atom. The summed E-state index contributed by atoms with van der Waals surface area (Å²) in [5.41, 5.74) is 0.130. The Morgan fingerprint density at radius 3 is 2.83 bits per heavy atom. The van der Waals surface area contributed by atoms with Gasteiger partial charge in [0.1, 0.15) is 0 Å². The molecule has 98 valence electrons. The van der Waals surface area contributed by atoms with Gasteiger partial charge in [-0.3, -0.25) is 4.79 Å². The minimum atomic E-state index is -0.638. The summed E-state index contributed by atoms with van der Waals surface area (Å²) < 4.78 is 0. The lowest BCUT2D eigenvalue weighted by atomic mass is 9.88. The largest absolute Gasteiger partial charge is 0.387 e. The zero-order valence-electron chi connectivity index (χ0n) is 10.8. The molecular formula is C14H19NO2S. The molecule has 0 spiro atoms. The molecular weight excluding hydrogens is 246 g/mol. The summed E-state index contributed by atoms with van der Waals surface area (Å²) in [5, 5.41) is 12.6. The standard InChI is InChI=1S/C14H19NO2S/c1-9-6-15(8-14(9,17)12-3-4-12)13(16)11-5-10(2)18-7-11/h5,7,9,12,17H,3-4,6,8H2,1-2H3. The van der Waals surface area contributed by atoms with Gasteiger partial charge in [0, 0.05) is 22.7 Å². The number of nitrogens with zero attached hydrogens (tertiary/aromatic N) is 1. The molecule has 1 amide bonds. The predicted octanol–water partition coefficient (Wildman–Crippen LogP) is 2.29. The van der Waals surface area contributed by atoms with Crippen LogP contribution in [-0.4, -0.2) is 34.6 Å². The molecule has 0 radical (unpaired) electrons. The molecule has 2 aliphatic rings. The lowest BCUT2D eigenvalue weighted by Gasteiger charge is -2.26. The molecule has 3 nitrogen and oxygen atoms in total. The first-order chi connectivity index (χ1) is 8.50. The fourth-order valence-corrected chi connectivity index (χ4v) is 3.70. The summed E-state index contributed by atoms with van der Waals surface area (Å²) in [6.45, 7) is 5.26. The van der Waals surface area contributed by atoms with Crippen molar-refractivity contribution in [2.45, 2.75) is 32.3 Å². The first-order valence-electron chi connectivity index (χ1n) is 6.57. The average Bonchev–Trinajstić information content (AvgIpc) is 3.04. The second-order valence-corrected chi connectivity index (χ2v) is 6.91. The van der Waals surface area contributed by atoms with E-state index >= 15 is 0 Å². The number of β-amino-alcohol motifs (C(OH)–C–C–N with tert-alkyl or cyclic N) is 1. The Labute approximate surface area is 111 Å². The molecule has 2 fully saturated rings. The van der Waals surface area contributed by atoms with Gasteiger partial charge in [0.05, 0.1) is 17.7 Å². The molecule has 0 bridgehead atoms. The van der Waals surface area contributed by atoms with Crippen molar-refractivity contribution in [3.8, 4) is 0 Å². The topological polar surface area (TPSA) is 40.5 Å². The molecule has 18 heavy (non-hydrogen) atoms. The van der Waals surface area contributed by atoms with Crippen LogP contribution in [0.1, 0.15) is 35.0 Å². The quantitative estimate of drug-likeness (QED) is 0.891. The van der Waals surface area contributed by atoms with Crippen LogP contribution in [0.5, 0.6) is 0 Å². The Balaban J connectivity index is 1.77. The highest BCUT2D eigenvalue weighted by Crippen LogP contribution is 2.47. The Morgan fingerprint density at radius 2 is 2.28 bits per heavy atom. The van der Waals surface area contributed by atoms with Crippen molar-refractivity contribution in [3.05, 3.63) is 21.9 Å². The van der Waals surface area contributed by atoms with Crippen LogP contribution in [0.3, 0.4) is 0 Å². The molecule has 1 saturated heterocycles. The maximum atomic E-state index is 12.4. The van der Waals surface area contributed by atoms with Crippen LogP contribution in [0.25, 0.3) is 0 Å². The number of thiophene rings is 1. The van der Waals surface area contributed by atoms with E-state index in [9.17, 15) is 9.90 Å². The number of rotatable bonds is 2. The van der Waals surface area contributed by atoms with Crippen LogP contribution in [0.4, 0.5) is 0 Å². The summed E-state index contributed by atoms with van der Waals surface area (Å²) in [7, 11) is 0. The molecule has 0 aromatic carbocycles. The van der Waals surface area contributed by atoms with E-state index in [1.807, 2.05) is 23.3 Å². The van der Waals surface area contributed by atoms with Crippen LogP contribution in [0.15, 0.2) is 11.4 Å². The minimum Gasteiger partial charge on any atom is -0.387 e. The molecule has 1 aromatic rings. The second kappa shape index (κ2) is 4.07. The van der Waals surface area contributed by atoms with Crippen LogP contribution in [-0.2, 0) is 0 Å². The first-order valence-corrected chi connectivity index (χ1v) is 7.45. The van der Waals surface area contributed by atoms with Crippen LogP contribution in [0, 0.1) is 18.8 Å². The third-order valence-electron chi connectivity index (χ3n) is 4.34. The summed E-state index contributed by atoms with van der Waals surface area (Å²) in [4.78, 5) is 15.3. The van der Waals surface area contributed by atoms with E-state index in [0.717, 1.165) is 23.3 Å². The van der Waals surface area contributed by atoms with E-state index in [-0.39, 0.29) is 11.8 Å². The zero-order valence-corrected chi connectivity index (χ0v) is 11.7. The number of amides is 1. The fourth-order valence-electron chi connectivity index (χ4n) is 3.02. The maximum Gasteiger partial charge on any atom is 0.254 e. The van der Waals surface area contributed by atoms with Gasteiger partial charge in [-0.1, -0.05) is 6.92 Å². The van der Waals surface area contributed by atoms with Gasteiger partial charge < -0.3 is 10.0 Å². The highest BCUT2D eigenvalue weighted by molar-refractivity contribution is 7.10. The Hall–Kier alpha value is -0.870. The van der Waals surface area contributed by atoms with Gasteiger partial charge in [-0.15, -0.1) is 11.3 Å². The van der Waals surface area contributed by atoms with Crippen molar-refractivity contribution in [2.75, 3.05) is 13.1 Å². The zero-order chi connectivity index (χ0) is 12.9. The molecule has 1 aromatic heterocycles. The maximum absolute atomic E-state index is 12.4. The fraction of sp³-hybridized carbons (Fsp3) is 0.643. The molecule has 2 atom stereocenters. The Kier molecular flexibility index (Phi) is 2.75. The normalized spacial score (nSPS) is 31.9. The van der Waals surface area contributed by atoms with Crippen molar-refractivity contribution in [3.63, 3.8) is 0 Å². The number of carbonyl (C=O) groups is 1. The van der Waals surface area contributed by atoms with Crippen molar-refractivity contribution in [1.29, 1.82) is 0 Å². The molecule has 2 unspecified atom stereocenters. The monoisotopic (exact) mass is 265 g/mol. The minimum absolute atomic E-state index is 0.0720. The van der Waals surface area contributed by atoms with Gasteiger partial charge in [0.25, 0.3) is 5.91 Å². The van der Waals surface area contributed by atoms with Crippen molar-refractivity contribution in [1.82, 2.24) is 4.90 Å². The van der Waals surface area contributed by atoms with E-state index in [1.54, 1.807) is 11.3 Å². The molecule has 1 aliphatic carbocycles. The van der Waals surface area contributed by atoms with Crippen LogP contribution < -0.4 is 0 Å². The number of aliphatic hydroxyl groups is 1. The van der Waals surface area contributed by atoms with Crippen molar-refractivity contribution in [2.24, 2.45) is 11.8 Å².